The quantitative estimate of drug-likeness (QED) is 0.777. The molecule has 0 aromatic carbocycles. The molecule has 0 aliphatic carbocycles. The van der Waals surface area contributed by atoms with Gasteiger partial charge in [-0.25, -0.2) is 4.98 Å². The van der Waals surface area contributed by atoms with Crippen LogP contribution in [-0.2, 0) is 0 Å². The predicted molar refractivity (Wildman–Crippen MR) is 67.6 cm³/mol. The Balaban J connectivity index is 2.06. The summed E-state index contributed by atoms with van der Waals surface area (Å²) in [5.41, 5.74) is 0. The Morgan fingerprint density at radius 2 is 2.40 bits per heavy atom. The van der Waals surface area contributed by atoms with Crippen molar-refractivity contribution in [1.82, 2.24) is 4.98 Å². The molecule has 0 amide bonds. The molecule has 1 aliphatic rings. The van der Waals surface area contributed by atoms with Gasteiger partial charge in [0.2, 0.25) is 0 Å². The van der Waals surface area contributed by atoms with E-state index in [1.54, 1.807) is 0 Å². The predicted octanol–water partition coefficient (Wildman–Crippen LogP) is 3.30. The fourth-order valence-corrected chi connectivity index (χ4v) is 2.44. The molecule has 0 bridgehead atoms. The Morgan fingerprint density at radius 3 is 3.07 bits per heavy atom. The molecule has 15 heavy (non-hydrogen) atoms. The van der Waals surface area contributed by atoms with E-state index in [1.165, 1.54) is 12.8 Å². The van der Waals surface area contributed by atoms with Crippen LogP contribution in [0.4, 0.5) is 5.82 Å². The smallest absolute Gasteiger partial charge is 0.128 e. The van der Waals surface area contributed by atoms with Gasteiger partial charge in [-0.05, 0) is 46.8 Å². The lowest BCUT2D eigenvalue weighted by Gasteiger charge is -2.32. The normalized spacial score (nSPS) is 21.7. The van der Waals surface area contributed by atoms with E-state index in [2.05, 4.69) is 31.9 Å². The van der Waals surface area contributed by atoms with Crippen LogP contribution in [0.3, 0.4) is 0 Å². The summed E-state index contributed by atoms with van der Waals surface area (Å²) in [6.07, 6.45) is 4.31. The highest BCUT2D eigenvalue weighted by Gasteiger charge is 2.19. The lowest BCUT2D eigenvalue weighted by Crippen LogP contribution is -2.36. The lowest BCUT2D eigenvalue weighted by atomic mass is 10.0. The Hall–Kier alpha value is -0.280. The summed E-state index contributed by atoms with van der Waals surface area (Å²) in [6.45, 7) is 2.14. The van der Waals surface area contributed by atoms with Crippen LogP contribution in [0.25, 0.3) is 0 Å². The first-order valence-electron chi connectivity index (χ1n) is 5.22. The minimum Gasteiger partial charge on any atom is -0.356 e. The number of hydrogen-bond donors (Lipinski definition) is 0. The van der Waals surface area contributed by atoms with Crippen molar-refractivity contribution in [2.75, 3.05) is 23.9 Å². The average Bonchev–Trinajstić information content (AvgIpc) is 2.30. The summed E-state index contributed by atoms with van der Waals surface area (Å²) < 4.78 is 1.03. The van der Waals surface area contributed by atoms with Crippen molar-refractivity contribution < 1.29 is 0 Å². The van der Waals surface area contributed by atoms with Crippen molar-refractivity contribution in [2.24, 2.45) is 5.92 Å². The SMILES string of the molecule is ClCC1CCCN(c2ccc(Br)cn2)C1. The summed E-state index contributed by atoms with van der Waals surface area (Å²) in [7, 11) is 0. The zero-order chi connectivity index (χ0) is 10.7. The first kappa shape index (κ1) is 11.2. The molecule has 0 saturated carbocycles. The van der Waals surface area contributed by atoms with Gasteiger partial charge in [-0.2, -0.15) is 0 Å². The van der Waals surface area contributed by atoms with Crippen molar-refractivity contribution in [2.45, 2.75) is 12.8 Å². The Bertz CT molecular complexity index is 315. The summed E-state index contributed by atoms with van der Waals surface area (Å²) in [4.78, 5) is 6.73. The molecule has 1 saturated heterocycles. The molecule has 0 spiro atoms. The Kier molecular flexibility index (Phi) is 3.87. The molecule has 2 heterocycles. The molecule has 1 aromatic rings. The maximum Gasteiger partial charge on any atom is 0.128 e. The van der Waals surface area contributed by atoms with E-state index in [1.807, 2.05) is 12.3 Å². The molecule has 82 valence electrons. The van der Waals surface area contributed by atoms with Gasteiger partial charge in [0.15, 0.2) is 0 Å². The van der Waals surface area contributed by atoms with Crippen molar-refractivity contribution in [3.8, 4) is 0 Å². The molecule has 2 nitrogen and oxygen atoms in total. The number of rotatable bonds is 2. The topological polar surface area (TPSA) is 16.1 Å². The molecule has 1 aliphatic heterocycles. The maximum atomic E-state index is 5.90. The van der Waals surface area contributed by atoms with Gasteiger partial charge >= 0.3 is 0 Å². The highest BCUT2D eigenvalue weighted by Crippen LogP contribution is 2.23. The molecule has 1 unspecified atom stereocenters. The Labute approximate surface area is 104 Å². The highest BCUT2D eigenvalue weighted by atomic mass is 79.9. The van der Waals surface area contributed by atoms with E-state index in [-0.39, 0.29) is 0 Å². The fraction of sp³-hybridized carbons (Fsp3) is 0.545. The number of halogens is 2. The summed E-state index contributed by atoms with van der Waals surface area (Å²) in [5, 5.41) is 0. The summed E-state index contributed by atoms with van der Waals surface area (Å²) in [5.74, 6) is 2.44. The van der Waals surface area contributed by atoms with Crippen LogP contribution in [0.15, 0.2) is 22.8 Å². The molecular formula is C11H14BrClN2. The van der Waals surface area contributed by atoms with Crippen molar-refractivity contribution in [3.63, 3.8) is 0 Å². The van der Waals surface area contributed by atoms with Gasteiger partial charge in [0, 0.05) is 29.6 Å². The highest BCUT2D eigenvalue weighted by molar-refractivity contribution is 9.10. The minimum absolute atomic E-state index is 0.617. The van der Waals surface area contributed by atoms with Crippen LogP contribution in [0.1, 0.15) is 12.8 Å². The number of hydrogen-bond acceptors (Lipinski definition) is 2. The monoisotopic (exact) mass is 288 g/mol. The molecule has 0 radical (unpaired) electrons. The number of pyridine rings is 1. The third-order valence-corrected chi connectivity index (χ3v) is 3.68. The molecule has 1 fully saturated rings. The molecule has 1 atom stereocenters. The molecule has 4 heteroatoms. The van der Waals surface area contributed by atoms with Crippen molar-refractivity contribution >= 4 is 33.3 Å². The van der Waals surface area contributed by atoms with Crippen LogP contribution in [0.2, 0.25) is 0 Å². The van der Waals surface area contributed by atoms with Gasteiger partial charge in [-0.3, -0.25) is 0 Å². The van der Waals surface area contributed by atoms with E-state index in [4.69, 9.17) is 11.6 Å². The van der Waals surface area contributed by atoms with Gasteiger partial charge in [0.25, 0.3) is 0 Å². The van der Waals surface area contributed by atoms with Gasteiger partial charge in [-0.1, -0.05) is 0 Å². The second-order valence-electron chi connectivity index (χ2n) is 3.94. The maximum absolute atomic E-state index is 5.90. The number of nitrogens with zero attached hydrogens (tertiary/aromatic N) is 2. The zero-order valence-electron chi connectivity index (χ0n) is 8.50. The number of aromatic nitrogens is 1. The fourth-order valence-electron chi connectivity index (χ4n) is 1.95. The molecule has 2 rings (SSSR count). The molecule has 0 N–H and O–H groups in total. The number of piperidine rings is 1. The van der Waals surface area contributed by atoms with Gasteiger partial charge < -0.3 is 4.90 Å². The minimum atomic E-state index is 0.617. The van der Waals surface area contributed by atoms with E-state index in [0.29, 0.717) is 5.92 Å². The van der Waals surface area contributed by atoms with Crippen molar-refractivity contribution in [1.29, 1.82) is 0 Å². The summed E-state index contributed by atoms with van der Waals surface area (Å²) >= 11 is 9.30. The zero-order valence-corrected chi connectivity index (χ0v) is 10.8. The average molecular weight is 290 g/mol. The third-order valence-electron chi connectivity index (χ3n) is 2.77. The first-order chi connectivity index (χ1) is 7.29. The first-order valence-corrected chi connectivity index (χ1v) is 6.55. The van der Waals surface area contributed by atoms with E-state index in [0.717, 1.165) is 29.3 Å². The van der Waals surface area contributed by atoms with Crippen molar-refractivity contribution in [3.05, 3.63) is 22.8 Å². The lowest BCUT2D eigenvalue weighted by molar-refractivity contribution is 0.449. The van der Waals surface area contributed by atoms with Gasteiger partial charge in [0.1, 0.15) is 5.82 Å². The number of alkyl halides is 1. The van der Waals surface area contributed by atoms with Crippen LogP contribution in [0.5, 0.6) is 0 Å². The molecule has 1 aromatic heterocycles. The van der Waals surface area contributed by atoms with E-state index < -0.39 is 0 Å². The van der Waals surface area contributed by atoms with E-state index >= 15 is 0 Å². The van der Waals surface area contributed by atoms with Crippen LogP contribution >= 0.6 is 27.5 Å². The van der Waals surface area contributed by atoms with Gasteiger partial charge in [0.05, 0.1) is 0 Å². The second kappa shape index (κ2) is 5.17. The summed E-state index contributed by atoms with van der Waals surface area (Å²) in [6, 6.07) is 4.09. The number of anilines is 1. The largest absolute Gasteiger partial charge is 0.356 e. The third kappa shape index (κ3) is 2.85. The van der Waals surface area contributed by atoms with E-state index in [9.17, 15) is 0 Å². The Morgan fingerprint density at radius 1 is 1.53 bits per heavy atom. The van der Waals surface area contributed by atoms with Crippen LogP contribution < -0.4 is 4.90 Å². The van der Waals surface area contributed by atoms with Gasteiger partial charge in [-0.15, -0.1) is 11.6 Å². The van der Waals surface area contributed by atoms with Crippen LogP contribution in [-0.4, -0.2) is 24.0 Å². The standard InChI is InChI=1S/C11H14BrClN2/c12-10-3-4-11(14-7-10)15-5-1-2-9(6-13)8-15/h3-4,7,9H,1-2,5-6,8H2. The molecular weight excluding hydrogens is 275 g/mol. The second-order valence-corrected chi connectivity index (χ2v) is 5.17. The van der Waals surface area contributed by atoms with Crippen LogP contribution in [0, 0.1) is 5.92 Å².